The fourth-order valence-corrected chi connectivity index (χ4v) is 4.39. The monoisotopic (exact) mass is 493 g/mol. The Hall–Kier alpha value is -4.04. The standard InChI is InChI=1S/C26H24ClN3O5/c1-3-35-25-13-23(30(32)33)18(12-24(25)34-2)26(31)29-15-19(16-8-4-6-10-21(16)27)20-14-28-22-11-7-5-9-17(20)22/h4-14,19,28H,3,15H2,1-2H3,(H,29,31). The van der Waals surface area contributed by atoms with E-state index in [0.29, 0.717) is 11.6 Å². The van der Waals surface area contributed by atoms with Crippen LogP contribution in [0.4, 0.5) is 5.69 Å². The van der Waals surface area contributed by atoms with E-state index in [0.717, 1.165) is 22.0 Å². The smallest absolute Gasteiger partial charge is 0.286 e. The highest BCUT2D eigenvalue weighted by Crippen LogP contribution is 2.36. The van der Waals surface area contributed by atoms with Crippen molar-refractivity contribution in [3.05, 3.63) is 98.7 Å². The van der Waals surface area contributed by atoms with Crippen LogP contribution < -0.4 is 14.8 Å². The van der Waals surface area contributed by atoms with Crippen LogP contribution in [0.1, 0.15) is 34.3 Å². The van der Waals surface area contributed by atoms with Crippen molar-refractivity contribution in [1.82, 2.24) is 10.3 Å². The maximum atomic E-state index is 13.2. The summed E-state index contributed by atoms with van der Waals surface area (Å²) in [5, 5.41) is 16.2. The zero-order chi connectivity index (χ0) is 24.9. The van der Waals surface area contributed by atoms with E-state index in [-0.39, 0.29) is 35.2 Å². The normalized spacial score (nSPS) is 11.7. The van der Waals surface area contributed by atoms with Crippen LogP contribution in [0.2, 0.25) is 5.02 Å². The molecule has 180 valence electrons. The summed E-state index contributed by atoms with van der Waals surface area (Å²) >= 11 is 6.53. The van der Waals surface area contributed by atoms with Crippen LogP contribution in [0, 0.1) is 10.1 Å². The SMILES string of the molecule is CCOc1cc([N+](=O)[O-])c(C(=O)NCC(c2ccccc2Cl)c2c[nH]c3ccccc23)cc1OC. The van der Waals surface area contributed by atoms with Crippen molar-refractivity contribution in [2.45, 2.75) is 12.8 Å². The molecule has 0 aliphatic carbocycles. The molecule has 4 aromatic rings. The minimum Gasteiger partial charge on any atom is -0.493 e. The summed E-state index contributed by atoms with van der Waals surface area (Å²) in [4.78, 5) is 27.6. The number of fused-ring (bicyclic) bond motifs is 1. The Morgan fingerprint density at radius 3 is 2.57 bits per heavy atom. The van der Waals surface area contributed by atoms with E-state index < -0.39 is 10.8 Å². The van der Waals surface area contributed by atoms with Crippen molar-refractivity contribution in [2.75, 3.05) is 20.3 Å². The first kappa shape index (κ1) is 24.1. The highest BCUT2D eigenvalue weighted by atomic mass is 35.5. The predicted octanol–water partition coefficient (Wildman–Crippen LogP) is 5.70. The molecule has 1 heterocycles. The van der Waals surface area contributed by atoms with Gasteiger partial charge in [-0.05, 0) is 30.2 Å². The molecule has 1 aromatic heterocycles. The van der Waals surface area contributed by atoms with E-state index in [1.54, 1.807) is 13.0 Å². The van der Waals surface area contributed by atoms with Crippen LogP contribution >= 0.6 is 11.6 Å². The molecule has 1 amide bonds. The average Bonchev–Trinajstić information content (AvgIpc) is 3.29. The van der Waals surface area contributed by atoms with Gasteiger partial charge in [-0.2, -0.15) is 0 Å². The number of carbonyl (C=O) groups is 1. The van der Waals surface area contributed by atoms with Crippen molar-refractivity contribution in [3.63, 3.8) is 0 Å². The van der Waals surface area contributed by atoms with Gasteiger partial charge >= 0.3 is 0 Å². The number of H-pyrrole nitrogens is 1. The zero-order valence-electron chi connectivity index (χ0n) is 19.2. The van der Waals surface area contributed by atoms with Crippen molar-refractivity contribution in [3.8, 4) is 11.5 Å². The Bertz CT molecular complexity index is 1380. The van der Waals surface area contributed by atoms with Gasteiger partial charge in [0.1, 0.15) is 5.56 Å². The molecule has 0 spiro atoms. The molecule has 4 rings (SSSR count). The number of amides is 1. The van der Waals surface area contributed by atoms with E-state index >= 15 is 0 Å². The molecule has 8 nitrogen and oxygen atoms in total. The lowest BCUT2D eigenvalue weighted by atomic mass is 9.90. The highest BCUT2D eigenvalue weighted by Gasteiger charge is 2.27. The third-order valence-corrected chi connectivity index (χ3v) is 6.11. The Labute approximate surface area is 207 Å². The first-order valence-corrected chi connectivity index (χ1v) is 11.4. The molecular formula is C26H24ClN3O5. The number of halogens is 1. The molecule has 9 heteroatoms. The molecule has 0 aliphatic rings. The van der Waals surface area contributed by atoms with Crippen molar-refractivity contribution >= 4 is 34.1 Å². The second-order valence-corrected chi connectivity index (χ2v) is 8.19. The first-order chi connectivity index (χ1) is 16.9. The number of nitro benzene ring substituents is 1. The summed E-state index contributed by atoms with van der Waals surface area (Å²) in [6.45, 7) is 2.21. The molecule has 0 radical (unpaired) electrons. The lowest BCUT2D eigenvalue weighted by molar-refractivity contribution is -0.385. The third kappa shape index (κ3) is 4.93. The minimum absolute atomic E-state index is 0.118. The predicted molar refractivity (Wildman–Crippen MR) is 135 cm³/mol. The van der Waals surface area contributed by atoms with Crippen LogP contribution in [0.3, 0.4) is 0 Å². The number of benzene rings is 3. The van der Waals surface area contributed by atoms with Crippen LogP contribution in [0.15, 0.2) is 66.9 Å². The van der Waals surface area contributed by atoms with Gasteiger partial charge in [0.05, 0.1) is 24.7 Å². The molecule has 1 unspecified atom stereocenters. The van der Waals surface area contributed by atoms with Gasteiger partial charge in [0.2, 0.25) is 0 Å². The number of nitrogens with zero attached hydrogens (tertiary/aromatic N) is 1. The van der Waals surface area contributed by atoms with E-state index in [2.05, 4.69) is 10.3 Å². The van der Waals surface area contributed by atoms with Crippen LogP contribution in [-0.4, -0.2) is 36.1 Å². The van der Waals surface area contributed by atoms with Crippen LogP contribution in [0.5, 0.6) is 11.5 Å². The number of para-hydroxylation sites is 1. The molecule has 2 N–H and O–H groups in total. The maximum absolute atomic E-state index is 13.2. The zero-order valence-corrected chi connectivity index (χ0v) is 20.0. The Morgan fingerprint density at radius 1 is 1.11 bits per heavy atom. The Kier molecular flexibility index (Phi) is 7.22. The number of hydrogen-bond donors (Lipinski definition) is 2. The number of hydrogen-bond acceptors (Lipinski definition) is 5. The van der Waals surface area contributed by atoms with Crippen LogP contribution in [-0.2, 0) is 0 Å². The van der Waals surface area contributed by atoms with Crippen molar-refractivity contribution in [2.24, 2.45) is 0 Å². The molecule has 0 bridgehead atoms. The average molecular weight is 494 g/mol. The number of aromatic nitrogens is 1. The molecule has 3 aromatic carbocycles. The second kappa shape index (κ2) is 10.5. The van der Waals surface area contributed by atoms with E-state index in [1.807, 2.05) is 48.7 Å². The summed E-state index contributed by atoms with van der Waals surface area (Å²) in [5.41, 5.74) is 2.25. The number of nitro groups is 1. The molecular weight excluding hydrogens is 470 g/mol. The molecule has 0 saturated carbocycles. The van der Waals surface area contributed by atoms with Gasteiger partial charge in [0, 0.05) is 40.7 Å². The van der Waals surface area contributed by atoms with Crippen LogP contribution in [0.25, 0.3) is 10.9 Å². The van der Waals surface area contributed by atoms with Gasteiger partial charge in [-0.1, -0.05) is 48.0 Å². The van der Waals surface area contributed by atoms with Gasteiger partial charge in [-0.25, -0.2) is 0 Å². The quantitative estimate of drug-likeness (QED) is 0.230. The maximum Gasteiger partial charge on any atom is 0.286 e. The molecule has 0 aliphatic heterocycles. The summed E-state index contributed by atoms with van der Waals surface area (Å²) in [5.74, 6) is -0.463. The van der Waals surface area contributed by atoms with E-state index in [4.69, 9.17) is 21.1 Å². The fourth-order valence-electron chi connectivity index (χ4n) is 4.13. The molecule has 1 atom stereocenters. The number of carbonyl (C=O) groups excluding carboxylic acids is 1. The van der Waals surface area contributed by atoms with E-state index in [1.165, 1.54) is 19.2 Å². The lowest BCUT2D eigenvalue weighted by Gasteiger charge is -2.20. The number of nitrogens with one attached hydrogen (secondary N) is 2. The summed E-state index contributed by atoms with van der Waals surface area (Å²) in [6.07, 6.45) is 1.90. The number of aromatic amines is 1. The van der Waals surface area contributed by atoms with Crippen molar-refractivity contribution < 1.29 is 19.2 Å². The van der Waals surface area contributed by atoms with Gasteiger partial charge in [0.25, 0.3) is 11.6 Å². The third-order valence-electron chi connectivity index (χ3n) is 5.77. The molecule has 0 fully saturated rings. The second-order valence-electron chi connectivity index (χ2n) is 7.78. The van der Waals surface area contributed by atoms with Crippen molar-refractivity contribution in [1.29, 1.82) is 0 Å². The summed E-state index contributed by atoms with van der Waals surface area (Å²) in [7, 11) is 1.41. The Balaban J connectivity index is 1.70. The lowest BCUT2D eigenvalue weighted by Crippen LogP contribution is -2.29. The summed E-state index contributed by atoms with van der Waals surface area (Å²) < 4.78 is 10.7. The minimum atomic E-state index is -0.609. The number of methoxy groups -OCH3 is 1. The Morgan fingerprint density at radius 2 is 1.86 bits per heavy atom. The largest absolute Gasteiger partial charge is 0.493 e. The fraction of sp³-hybridized carbons (Fsp3) is 0.192. The number of ether oxygens (including phenoxy) is 2. The van der Waals surface area contributed by atoms with Gasteiger partial charge in [-0.15, -0.1) is 0 Å². The van der Waals surface area contributed by atoms with Gasteiger partial charge in [-0.3, -0.25) is 14.9 Å². The number of rotatable bonds is 9. The van der Waals surface area contributed by atoms with Gasteiger partial charge < -0.3 is 19.8 Å². The van der Waals surface area contributed by atoms with E-state index in [9.17, 15) is 14.9 Å². The highest BCUT2D eigenvalue weighted by molar-refractivity contribution is 6.31. The summed E-state index contributed by atoms with van der Waals surface area (Å²) in [6, 6.07) is 17.8. The first-order valence-electron chi connectivity index (χ1n) is 11.0. The molecule has 0 saturated heterocycles. The molecule has 35 heavy (non-hydrogen) atoms. The topological polar surface area (TPSA) is 106 Å². The van der Waals surface area contributed by atoms with Gasteiger partial charge in [0.15, 0.2) is 11.5 Å².